The summed E-state index contributed by atoms with van der Waals surface area (Å²) in [4.78, 5) is 0. The molecule has 0 nitrogen and oxygen atoms in total. The Morgan fingerprint density at radius 1 is 0.810 bits per heavy atom. The zero-order valence-electron chi connectivity index (χ0n) is 14.1. The van der Waals surface area contributed by atoms with Crippen LogP contribution in [0.1, 0.15) is 53.4 Å². The van der Waals surface area contributed by atoms with Crippen LogP contribution in [0.15, 0.2) is 49.6 Å². The zero-order valence-corrected chi connectivity index (χ0v) is 14.1. The van der Waals surface area contributed by atoms with Crippen molar-refractivity contribution in [2.45, 2.75) is 59.3 Å². The molecule has 0 saturated carbocycles. The Bertz CT molecular complexity index is 373. The van der Waals surface area contributed by atoms with E-state index < -0.39 is 16.8 Å². The highest BCUT2D eigenvalue weighted by Crippen LogP contribution is 2.53. The Hall–Kier alpha value is -1.18. The molecule has 21 heavy (non-hydrogen) atoms. The van der Waals surface area contributed by atoms with Crippen LogP contribution in [0.2, 0.25) is 0 Å². The van der Waals surface area contributed by atoms with E-state index in [4.69, 9.17) is 0 Å². The molecule has 0 aromatic rings. The van der Waals surface area contributed by atoms with Gasteiger partial charge < -0.3 is 0 Å². The highest BCUT2D eigenvalue weighted by molar-refractivity contribution is 5.13. The number of alkyl halides is 2. The van der Waals surface area contributed by atoms with Crippen molar-refractivity contribution < 1.29 is 8.78 Å². The van der Waals surface area contributed by atoms with Crippen LogP contribution in [0.25, 0.3) is 0 Å². The van der Waals surface area contributed by atoms with Crippen LogP contribution in [0.5, 0.6) is 0 Å². The highest BCUT2D eigenvalue weighted by atomic mass is 19.3. The molecule has 0 atom stereocenters. The largest absolute Gasteiger partial charge is 0.258 e. The molecule has 0 fully saturated rings. The maximum Gasteiger partial charge on any atom is 0.258 e. The Kier molecular flexibility index (Phi) is 6.79. The first kappa shape index (κ1) is 19.8. The summed E-state index contributed by atoms with van der Waals surface area (Å²) in [7, 11) is 0. The van der Waals surface area contributed by atoms with Gasteiger partial charge in [0.15, 0.2) is 0 Å². The lowest BCUT2D eigenvalue weighted by Crippen LogP contribution is -2.48. The van der Waals surface area contributed by atoms with Crippen LogP contribution in [-0.2, 0) is 0 Å². The predicted molar refractivity (Wildman–Crippen MR) is 89.7 cm³/mol. The summed E-state index contributed by atoms with van der Waals surface area (Å²) in [6.07, 6.45) is 5.12. The second-order valence-electron chi connectivity index (χ2n) is 7.07. The molecule has 0 amide bonds. The number of hydrogen-bond donors (Lipinski definition) is 0. The van der Waals surface area contributed by atoms with Gasteiger partial charge in [-0.25, -0.2) is 8.78 Å². The second kappa shape index (κ2) is 7.20. The summed E-state index contributed by atoms with van der Waals surface area (Å²) in [6.45, 7) is 21.4. The smallest absolute Gasteiger partial charge is 0.206 e. The second-order valence-corrected chi connectivity index (χ2v) is 7.07. The first-order valence-electron chi connectivity index (χ1n) is 7.39. The Labute approximate surface area is 129 Å². The lowest BCUT2D eigenvalue weighted by Gasteiger charge is -2.45. The average Bonchev–Trinajstić information content (AvgIpc) is 2.41. The summed E-state index contributed by atoms with van der Waals surface area (Å²) in [6, 6.07) is 0. The van der Waals surface area contributed by atoms with Gasteiger partial charge in [-0.05, 0) is 25.7 Å². The standard InChI is InChI=1S/C19H30F2/c1-9-15(3)11-13-17(5,6)19(20,21)18(7,8)14-12-16(4)10-2/h9-10H,1-4,11-14H2,5-8H3. The van der Waals surface area contributed by atoms with Crippen LogP contribution < -0.4 is 0 Å². The van der Waals surface area contributed by atoms with Gasteiger partial charge in [0.2, 0.25) is 0 Å². The summed E-state index contributed by atoms with van der Waals surface area (Å²) in [5.74, 6) is -2.79. The molecule has 0 aromatic heterocycles. The zero-order chi connectivity index (χ0) is 16.9. The van der Waals surface area contributed by atoms with Crippen LogP contribution >= 0.6 is 0 Å². The minimum atomic E-state index is -2.79. The van der Waals surface area contributed by atoms with Crippen LogP contribution in [-0.4, -0.2) is 5.92 Å². The number of allylic oxidation sites excluding steroid dienone is 4. The van der Waals surface area contributed by atoms with Gasteiger partial charge in [0.25, 0.3) is 5.92 Å². The molecular formula is C19H30F2. The van der Waals surface area contributed by atoms with Crippen molar-refractivity contribution in [1.82, 2.24) is 0 Å². The molecule has 0 rings (SSSR count). The summed E-state index contributed by atoms with van der Waals surface area (Å²) in [5.41, 5.74) is -0.593. The molecule has 0 unspecified atom stereocenters. The third-order valence-corrected chi connectivity index (χ3v) is 4.42. The molecule has 0 aromatic carbocycles. The predicted octanol–water partition coefficient (Wildman–Crippen LogP) is 6.72. The summed E-state index contributed by atoms with van der Waals surface area (Å²) < 4.78 is 30.0. The van der Waals surface area contributed by atoms with E-state index in [9.17, 15) is 8.78 Å². The molecular weight excluding hydrogens is 266 g/mol. The monoisotopic (exact) mass is 296 g/mol. The minimum absolute atomic E-state index is 0.386. The molecule has 120 valence electrons. The Morgan fingerprint density at radius 3 is 1.33 bits per heavy atom. The van der Waals surface area contributed by atoms with Crippen molar-refractivity contribution >= 4 is 0 Å². The molecule has 0 N–H and O–H groups in total. The van der Waals surface area contributed by atoms with Gasteiger partial charge in [-0.2, -0.15) is 0 Å². The minimum Gasteiger partial charge on any atom is -0.206 e. The van der Waals surface area contributed by atoms with E-state index in [1.807, 2.05) is 0 Å². The highest BCUT2D eigenvalue weighted by Gasteiger charge is 2.56. The molecule has 0 spiro atoms. The molecule has 0 saturated heterocycles. The average molecular weight is 296 g/mol. The molecule has 0 aliphatic carbocycles. The van der Waals surface area contributed by atoms with Crippen molar-refractivity contribution in [3.8, 4) is 0 Å². The van der Waals surface area contributed by atoms with Gasteiger partial charge >= 0.3 is 0 Å². The fourth-order valence-electron chi connectivity index (χ4n) is 2.38. The van der Waals surface area contributed by atoms with E-state index in [2.05, 4.69) is 26.3 Å². The van der Waals surface area contributed by atoms with Crippen LogP contribution in [0.4, 0.5) is 8.78 Å². The number of rotatable bonds is 10. The van der Waals surface area contributed by atoms with E-state index in [1.165, 1.54) is 0 Å². The topological polar surface area (TPSA) is 0 Å². The van der Waals surface area contributed by atoms with Gasteiger partial charge in [-0.3, -0.25) is 0 Å². The molecule has 0 aliphatic heterocycles. The number of hydrogen-bond acceptors (Lipinski definition) is 0. The fourth-order valence-corrected chi connectivity index (χ4v) is 2.38. The Morgan fingerprint density at radius 2 is 1.10 bits per heavy atom. The maximum atomic E-state index is 15.0. The molecule has 0 aliphatic rings. The van der Waals surface area contributed by atoms with E-state index in [1.54, 1.807) is 39.8 Å². The number of halogens is 2. The molecule has 2 heteroatoms. The van der Waals surface area contributed by atoms with Crippen molar-refractivity contribution in [3.05, 3.63) is 49.6 Å². The van der Waals surface area contributed by atoms with E-state index in [-0.39, 0.29) is 0 Å². The fraction of sp³-hybridized carbons (Fsp3) is 0.579. The molecule has 0 radical (unpaired) electrons. The van der Waals surface area contributed by atoms with Gasteiger partial charge in [-0.1, -0.05) is 77.3 Å². The van der Waals surface area contributed by atoms with Gasteiger partial charge in [-0.15, -0.1) is 0 Å². The third kappa shape index (κ3) is 4.94. The summed E-state index contributed by atoms with van der Waals surface area (Å²) >= 11 is 0. The van der Waals surface area contributed by atoms with Gasteiger partial charge in [0.05, 0.1) is 0 Å². The van der Waals surface area contributed by atoms with Crippen molar-refractivity contribution in [3.63, 3.8) is 0 Å². The first-order valence-corrected chi connectivity index (χ1v) is 7.39. The van der Waals surface area contributed by atoms with Gasteiger partial charge in [0.1, 0.15) is 0 Å². The van der Waals surface area contributed by atoms with E-state index in [0.29, 0.717) is 25.7 Å². The summed E-state index contributed by atoms with van der Waals surface area (Å²) in [5, 5.41) is 0. The lowest BCUT2D eigenvalue weighted by molar-refractivity contribution is -0.191. The van der Waals surface area contributed by atoms with E-state index >= 15 is 0 Å². The van der Waals surface area contributed by atoms with Crippen molar-refractivity contribution in [1.29, 1.82) is 0 Å². The SMILES string of the molecule is C=CC(=C)CCC(C)(C)C(F)(F)C(C)(C)CCC(=C)C=C. The molecule has 0 heterocycles. The van der Waals surface area contributed by atoms with Crippen molar-refractivity contribution in [2.24, 2.45) is 10.8 Å². The normalized spacial score (nSPS) is 12.9. The first-order chi connectivity index (χ1) is 9.41. The van der Waals surface area contributed by atoms with Crippen LogP contribution in [0, 0.1) is 10.8 Å². The molecule has 0 bridgehead atoms. The lowest BCUT2D eigenvalue weighted by atomic mass is 9.66. The van der Waals surface area contributed by atoms with E-state index in [0.717, 1.165) is 11.1 Å². The quantitative estimate of drug-likeness (QED) is 0.392. The van der Waals surface area contributed by atoms with Crippen molar-refractivity contribution in [2.75, 3.05) is 0 Å². The van der Waals surface area contributed by atoms with Crippen LogP contribution in [0.3, 0.4) is 0 Å². The van der Waals surface area contributed by atoms with Gasteiger partial charge in [0, 0.05) is 10.8 Å². The Balaban J connectivity index is 5.03. The maximum absolute atomic E-state index is 15.0. The third-order valence-electron chi connectivity index (χ3n) is 4.42.